The fourth-order valence-corrected chi connectivity index (χ4v) is 1.72. The van der Waals surface area contributed by atoms with E-state index in [1.807, 2.05) is 30.8 Å². The van der Waals surface area contributed by atoms with Crippen LogP contribution in [0.1, 0.15) is 11.4 Å². The second-order valence-corrected chi connectivity index (χ2v) is 3.92. The van der Waals surface area contributed by atoms with Crippen LogP contribution < -0.4 is 5.32 Å². The topological polar surface area (TPSA) is 42.7 Å². The van der Waals surface area contributed by atoms with E-state index in [9.17, 15) is 0 Å². The minimum absolute atomic E-state index is 0.677. The van der Waals surface area contributed by atoms with Gasteiger partial charge in [0, 0.05) is 25.1 Å². The summed E-state index contributed by atoms with van der Waals surface area (Å²) in [5.41, 5.74) is 1.03. The van der Waals surface area contributed by atoms with Crippen LogP contribution in [0.2, 0.25) is 5.02 Å². The summed E-state index contributed by atoms with van der Waals surface area (Å²) in [6.45, 7) is 2.66. The molecule has 0 aliphatic carbocycles. The molecule has 0 aliphatic heterocycles. The molecule has 0 aromatic carbocycles. The van der Waals surface area contributed by atoms with Gasteiger partial charge in [-0.25, -0.2) is 9.97 Å². The first-order valence-corrected chi connectivity index (χ1v) is 5.39. The van der Waals surface area contributed by atoms with Gasteiger partial charge in [-0.2, -0.15) is 0 Å². The van der Waals surface area contributed by atoms with Gasteiger partial charge in [0.15, 0.2) is 0 Å². The summed E-state index contributed by atoms with van der Waals surface area (Å²) in [7, 11) is 1.89. The van der Waals surface area contributed by atoms with Gasteiger partial charge in [-0.3, -0.25) is 4.57 Å². The molecule has 0 radical (unpaired) electrons. The van der Waals surface area contributed by atoms with Gasteiger partial charge < -0.3 is 5.32 Å². The Balaban J connectivity index is 2.43. The van der Waals surface area contributed by atoms with E-state index in [0.29, 0.717) is 5.02 Å². The standard InChI is InChI=1S/C11H13ClN4/c1-8-14-3-4-16(8)11-5-9(6-13-2)10(12)7-15-11/h3-5,7,13H,6H2,1-2H3. The first-order valence-electron chi connectivity index (χ1n) is 5.01. The van der Waals surface area contributed by atoms with Gasteiger partial charge in [-0.1, -0.05) is 11.6 Å². The second kappa shape index (κ2) is 4.63. The van der Waals surface area contributed by atoms with Gasteiger partial charge >= 0.3 is 0 Å². The van der Waals surface area contributed by atoms with Crippen molar-refractivity contribution in [3.05, 3.63) is 41.1 Å². The third-order valence-corrected chi connectivity index (χ3v) is 2.70. The first kappa shape index (κ1) is 11.1. The first-order chi connectivity index (χ1) is 7.72. The summed E-state index contributed by atoms with van der Waals surface area (Å²) in [6.07, 6.45) is 5.31. The number of aryl methyl sites for hydroxylation is 1. The molecule has 4 nitrogen and oxygen atoms in total. The van der Waals surface area contributed by atoms with Crippen molar-refractivity contribution >= 4 is 11.6 Å². The lowest BCUT2D eigenvalue weighted by Gasteiger charge is -2.08. The van der Waals surface area contributed by atoms with Crippen molar-refractivity contribution in [1.29, 1.82) is 0 Å². The Bertz CT molecular complexity index is 492. The molecule has 2 heterocycles. The molecule has 0 saturated carbocycles. The number of aromatic nitrogens is 3. The number of hydrogen-bond donors (Lipinski definition) is 1. The Morgan fingerprint density at radius 1 is 1.44 bits per heavy atom. The molecular formula is C11H13ClN4. The maximum atomic E-state index is 6.05. The van der Waals surface area contributed by atoms with E-state index >= 15 is 0 Å². The van der Waals surface area contributed by atoms with Gasteiger partial charge in [0.05, 0.1) is 5.02 Å². The molecule has 16 heavy (non-hydrogen) atoms. The Labute approximate surface area is 99.3 Å². The van der Waals surface area contributed by atoms with Crippen LogP contribution in [-0.4, -0.2) is 21.6 Å². The van der Waals surface area contributed by atoms with Gasteiger partial charge in [-0.15, -0.1) is 0 Å². The highest BCUT2D eigenvalue weighted by atomic mass is 35.5. The Morgan fingerprint density at radius 2 is 2.25 bits per heavy atom. The average Bonchev–Trinajstić information content (AvgIpc) is 2.68. The predicted octanol–water partition coefficient (Wildman–Crippen LogP) is 1.95. The van der Waals surface area contributed by atoms with Crippen LogP contribution in [0, 0.1) is 6.92 Å². The fraction of sp³-hybridized carbons (Fsp3) is 0.273. The summed E-state index contributed by atoms with van der Waals surface area (Å²) in [5.74, 6) is 1.75. The van der Waals surface area contributed by atoms with E-state index in [1.54, 1.807) is 12.4 Å². The van der Waals surface area contributed by atoms with Crippen LogP contribution in [0.15, 0.2) is 24.7 Å². The van der Waals surface area contributed by atoms with Gasteiger partial charge in [0.25, 0.3) is 0 Å². The lowest BCUT2D eigenvalue weighted by molar-refractivity contribution is 0.811. The average molecular weight is 237 g/mol. The number of hydrogen-bond acceptors (Lipinski definition) is 3. The highest BCUT2D eigenvalue weighted by Crippen LogP contribution is 2.18. The molecule has 0 bridgehead atoms. The highest BCUT2D eigenvalue weighted by Gasteiger charge is 2.05. The molecule has 0 saturated heterocycles. The molecule has 0 atom stereocenters. The van der Waals surface area contributed by atoms with Crippen LogP contribution in [0.25, 0.3) is 5.82 Å². The molecule has 5 heteroatoms. The molecule has 84 valence electrons. The lowest BCUT2D eigenvalue weighted by Crippen LogP contribution is -2.07. The quantitative estimate of drug-likeness (QED) is 0.886. The zero-order chi connectivity index (χ0) is 11.5. The third-order valence-electron chi connectivity index (χ3n) is 2.36. The largest absolute Gasteiger partial charge is 0.316 e. The van der Waals surface area contributed by atoms with Crippen molar-refractivity contribution in [1.82, 2.24) is 19.9 Å². The van der Waals surface area contributed by atoms with Crippen LogP contribution in [0.3, 0.4) is 0 Å². The minimum Gasteiger partial charge on any atom is -0.316 e. The van der Waals surface area contributed by atoms with Crippen molar-refractivity contribution < 1.29 is 0 Å². The molecule has 0 aliphatic rings. The lowest BCUT2D eigenvalue weighted by atomic mass is 10.2. The van der Waals surface area contributed by atoms with E-state index in [2.05, 4.69) is 15.3 Å². The molecule has 0 amide bonds. The van der Waals surface area contributed by atoms with Crippen LogP contribution in [0.4, 0.5) is 0 Å². The van der Waals surface area contributed by atoms with Crippen LogP contribution in [-0.2, 0) is 6.54 Å². The maximum Gasteiger partial charge on any atom is 0.138 e. The molecule has 2 rings (SSSR count). The van der Waals surface area contributed by atoms with Crippen molar-refractivity contribution in [2.75, 3.05) is 7.05 Å². The number of imidazole rings is 1. The van der Waals surface area contributed by atoms with Gasteiger partial charge in [0.1, 0.15) is 11.6 Å². The summed E-state index contributed by atoms with van der Waals surface area (Å²) in [5, 5.41) is 3.75. The molecule has 0 unspecified atom stereocenters. The van der Waals surface area contributed by atoms with Crippen molar-refractivity contribution in [2.45, 2.75) is 13.5 Å². The van der Waals surface area contributed by atoms with E-state index in [-0.39, 0.29) is 0 Å². The zero-order valence-electron chi connectivity index (χ0n) is 9.24. The number of halogens is 1. The molecule has 0 fully saturated rings. The highest BCUT2D eigenvalue weighted by molar-refractivity contribution is 6.31. The van der Waals surface area contributed by atoms with Crippen molar-refractivity contribution in [2.24, 2.45) is 0 Å². The Hall–Kier alpha value is -1.39. The second-order valence-electron chi connectivity index (χ2n) is 3.51. The normalized spacial score (nSPS) is 10.7. The molecule has 0 spiro atoms. The number of nitrogens with one attached hydrogen (secondary N) is 1. The van der Waals surface area contributed by atoms with Gasteiger partial charge in [-0.05, 0) is 25.6 Å². The third kappa shape index (κ3) is 2.08. The monoisotopic (exact) mass is 236 g/mol. The molecule has 2 aromatic heterocycles. The maximum absolute atomic E-state index is 6.05. The SMILES string of the molecule is CNCc1cc(-n2ccnc2C)ncc1Cl. The van der Waals surface area contributed by atoms with Crippen molar-refractivity contribution in [3.63, 3.8) is 0 Å². The summed E-state index contributed by atoms with van der Waals surface area (Å²) >= 11 is 6.05. The van der Waals surface area contributed by atoms with E-state index in [4.69, 9.17) is 11.6 Å². The van der Waals surface area contributed by atoms with E-state index in [0.717, 1.165) is 23.8 Å². The summed E-state index contributed by atoms with van der Waals surface area (Å²) < 4.78 is 1.93. The fourth-order valence-electron chi connectivity index (χ4n) is 1.55. The minimum atomic E-state index is 0.677. The molecule has 1 N–H and O–H groups in total. The molecule has 2 aromatic rings. The number of rotatable bonds is 3. The predicted molar refractivity (Wildman–Crippen MR) is 63.9 cm³/mol. The van der Waals surface area contributed by atoms with Crippen LogP contribution >= 0.6 is 11.6 Å². The summed E-state index contributed by atoms with van der Waals surface area (Å²) in [4.78, 5) is 8.45. The zero-order valence-corrected chi connectivity index (χ0v) is 9.99. The Morgan fingerprint density at radius 3 is 2.88 bits per heavy atom. The number of nitrogens with zero attached hydrogens (tertiary/aromatic N) is 3. The van der Waals surface area contributed by atoms with Crippen LogP contribution in [0.5, 0.6) is 0 Å². The molecular weight excluding hydrogens is 224 g/mol. The smallest absolute Gasteiger partial charge is 0.138 e. The van der Waals surface area contributed by atoms with Gasteiger partial charge in [0.2, 0.25) is 0 Å². The Kier molecular flexibility index (Phi) is 3.22. The van der Waals surface area contributed by atoms with E-state index < -0.39 is 0 Å². The van der Waals surface area contributed by atoms with Crippen molar-refractivity contribution in [3.8, 4) is 5.82 Å². The van der Waals surface area contributed by atoms with E-state index in [1.165, 1.54) is 0 Å². The summed E-state index contributed by atoms with van der Waals surface area (Å²) in [6, 6.07) is 1.97. The number of pyridine rings is 1.